The fourth-order valence-electron chi connectivity index (χ4n) is 4.88. The van der Waals surface area contributed by atoms with E-state index in [9.17, 15) is 9.59 Å². The maximum Gasteiger partial charge on any atom is 0.262 e. The van der Waals surface area contributed by atoms with E-state index in [1.54, 1.807) is 35.9 Å². The lowest BCUT2D eigenvalue weighted by Crippen LogP contribution is -2.46. The van der Waals surface area contributed by atoms with Crippen LogP contribution in [0.15, 0.2) is 42.5 Å². The molecule has 0 aliphatic carbocycles. The van der Waals surface area contributed by atoms with Crippen molar-refractivity contribution in [2.24, 2.45) is 0 Å². The number of halogens is 1. The van der Waals surface area contributed by atoms with Crippen LogP contribution in [0.3, 0.4) is 0 Å². The van der Waals surface area contributed by atoms with Crippen LogP contribution >= 0.6 is 11.6 Å². The number of benzene rings is 2. The van der Waals surface area contributed by atoms with Crippen LogP contribution in [0.4, 0.5) is 0 Å². The van der Waals surface area contributed by atoms with Crippen molar-refractivity contribution >= 4 is 34.3 Å². The second-order valence-electron chi connectivity index (χ2n) is 9.25. The second kappa shape index (κ2) is 11.9. The molecule has 36 heavy (non-hydrogen) atoms. The van der Waals surface area contributed by atoms with Gasteiger partial charge < -0.3 is 19.9 Å². The van der Waals surface area contributed by atoms with Gasteiger partial charge in [0.2, 0.25) is 5.91 Å². The summed E-state index contributed by atoms with van der Waals surface area (Å²) in [5.74, 6) is 0.479. The van der Waals surface area contributed by atoms with E-state index in [4.69, 9.17) is 16.3 Å². The first kappa shape index (κ1) is 26.2. The number of carbonyl (C=O) groups is 2. The zero-order chi connectivity index (χ0) is 25.7. The highest BCUT2D eigenvalue weighted by molar-refractivity contribution is 6.30. The van der Waals surface area contributed by atoms with E-state index in [-0.39, 0.29) is 18.2 Å². The first-order valence-electron chi connectivity index (χ1n) is 12.6. The van der Waals surface area contributed by atoms with Gasteiger partial charge in [-0.25, -0.2) is 0 Å². The van der Waals surface area contributed by atoms with E-state index in [1.165, 1.54) is 0 Å². The van der Waals surface area contributed by atoms with Gasteiger partial charge in [-0.3, -0.25) is 14.2 Å². The molecule has 4 rings (SSSR count). The smallest absolute Gasteiger partial charge is 0.262 e. The average molecular weight is 511 g/mol. The number of ether oxygens (including phenoxy) is 1. The van der Waals surface area contributed by atoms with Gasteiger partial charge in [0.15, 0.2) is 0 Å². The van der Waals surface area contributed by atoms with Crippen LogP contribution in [0.1, 0.15) is 35.0 Å². The highest BCUT2D eigenvalue weighted by Crippen LogP contribution is 2.31. The summed E-state index contributed by atoms with van der Waals surface area (Å²) < 4.78 is 7.10. The molecule has 1 amide bonds. The molecular weight excluding hydrogens is 476 g/mol. The van der Waals surface area contributed by atoms with Gasteiger partial charge in [0.25, 0.3) is 5.91 Å². The zero-order valence-electron chi connectivity index (χ0n) is 21.3. The molecule has 0 radical (unpaired) electrons. The first-order valence-corrected chi connectivity index (χ1v) is 13.0. The first-order chi connectivity index (χ1) is 17.4. The summed E-state index contributed by atoms with van der Waals surface area (Å²) in [7, 11) is 1.61. The normalized spacial score (nSPS) is 14.8. The molecule has 1 fully saturated rings. The molecule has 1 N–H and O–H groups in total. The van der Waals surface area contributed by atoms with E-state index in [1.807, 2.05) is 25.1 Å². The van der Waals surface area contributed by atoms with Gasteiger partial charge in [0.1, 0.15) is 5.75 Å². The van der Waals surface area contributed by atoms with Crippen molar-refractivity contribution in [2.75, 3.05) is 52.9 Å². The van der Waals surface area contributed by atoms with Crippen molar-refractivity contribution < 1.29 is 14.3 Å². The summed E-state index contributed by atoms with van der Waals surface area (Å²) in [6.45, 7) is 11.2. The summed E-state index contributed by atoms with van der Waals surface area (Å²) in [5, 5.41) is 4.49. The Hall–Kier alpha value is -2.87. The molecule has 0 bridgehead atoms. The van der Waals surface area contributed by atoms with Crippen molar-refractivity contribution in [3.8, 4) is 5.75 Å². The number of amides is 1. The van der Waals surface area contributed by atoms with Crippen LogP contribution in [0.2, 0.25) is 5.02 Å². The third kappa shape index (κ3) is 5.91. The van der Waals surface area contributed by atoms with Gasteiger partial charge in [0, 0.05) is 54.4 Å². The second-order valence-corrected chi connectivity index (χ2v) is 9.69. The third-order valence-electron chi connectivity index (χ3n) is 7.06. The van der Waals surface area contributed by atoms with Gasteiger partial charge in [-0.05, 0) is 74.5 Å². The number of rotatable bonds is 9. The Morgan fingerprint density at radius 3 is 2.39 bits per heavy atom. The largest absolute Gasteiger partial charge is 0.497 e. The fraction of sp³-hybridized carbons (Fsp3) is 0.429. The molecule has 1 saturated heterocycles. The molecule has 2 heterocycles. The van der Waals surface area contributed by atoms with Crippen molar-refractivity contribution in [2.45, 2.75) is 26.7 Å². The van der Waals surface area contributed by atoms with E-state index < -0.39 is 0 Å². The van der Waals surface area contributed by atoms with E-state index in [2.05, 4.69) is 22.0 Å². The molecule has 1 aromatic heterocycles. The SMILES string of the molecule is CCN1CCN(CCCNC(=O)Cc2c(C)n(C(=O)c3ccc(Cl)cc3)c3ccc(OC)cc23)CC1. The quantitative estimate of drug-likeness (QED) is 0.441. The van der Waals surface area contributed by atoms with Crippen LogP contribution in [-0.2, 0) is 11.2 Å². The number of piperazine rings is 1. The molecule has 0 unspecified atom stereocenters. The number of aromatic nitrogens is 1. The lowest BCUT2D eigenvalue weighted by molar-refractivity contribution is -0.120. The van der Waals surface area contributed by atoms with Gasteiger partial charge in [-0.1, -0.05) is 18.5 Å². The molecular formula is C28H35ClN4O3. The Kier molecular flexibility index (Phi) is 8.67. The summed E-state index contributed by atoms with van der Waals surface area (Å²) in [5.41, 5.74) is 2.87. The standard InChI is InChI=1S/C28H35ClN4O3/c1-4-31-14-16-32(17-15-31)13-5-12-30-27(34)19-24-20(2)33(26-11-10-23(36-3)18-25(24)26)28(35)21-6-8-22(29)9-7-21/h6-11,18H,4-5,12-17,19H2,1-3H3,(H,30,34). The molecule has 1 aliphatic rings. The van der Waals surface area contributed by atoms with Gasteiger partial charge in [0.05, 0.1) is 19.0 Å². The Balaban J connectivity index is 1.46. The molecule has 0 spiro atoms. The Labute approximate surface area is 218 Å². The van der Waals surface area contributed by atoms with Crippen LogP contribution < -0.4 is 10.1 Å². The predicted octanol–water partition coefficient (Wildman–Crippen LogP) is 3.99. The number of fused-ring (bicyclic) bond motifs is 1. The topological polar surface area (TPSA) is 66.8 Å². The van der Waals surface area contributed by atoms with Crippen molar-refractivity contribution in [3.63, 3.8) is 0 Å². The molecule has 7 nitrogen and oxygen atoms in total. The zero-order valence-corrected chi connectivity index (χ0v) is 22.1. The summed E-state index contributed by atoms with van der Waals surface area (Å²) in [6.07, 6.45) is 1.12. The fourth-order valence-corrected chi connectivity index (χ4v) is 5.00. The van der Waals surface area contributed by atoms with Crippen molar-refractivity contribution in [1.82, 2.24) is 19.7 Å². The number of hydrogen-bond donors (Lipinski definition) is 1. The number of nitrogens with zero attached hydrogens (tertiary/aromatic N) is 3. The minimum atomic E-state index is -0.158. The lowest BCUT2D eigenvalue weighted by Gasteiger charge is -2.33. The Morgan fingerprint density at radius 2 is 1.72 bits per heavy atom. The molecule has 1 aliphatic heterocycles. The van der Waals surface area contributed by atoms with E-state index in [0.29, 0.717) is 22.9 Å². The molecule has 8 heteroatoms. The molecule has 0 saturated carbocycles. The summed E-state index contributed by atoms with van der Waals surface area (Å²) >= 11 is 6.01. The van der Waals surface area contributed by atoms with Gasteiger partial charge >= 0.3 is 0 Å². The maximum absolute atomic E-state index is 13.4. The monoisotopic (exact) mass is 510 g/mol. The van der Waals surface area contributed by atoms with Gasteiger partial charge in [-0.15, -0.1) is 0 Å². The molecule has 3 aromatic rings. The highest BCUT2D eigenvalue weighted by Gasteiger charge is 2.22. The molecule has 192 valence electrons. The van der Waals surface area contributed by atoms with Crippen molar-refractivity contribution in [1.29, 1.82) is 0 Å². The number of hydrogen-bond acceptors (Lipinski definition) is 5. The van der Waals surface area contributed by atoms with Crippen LogP contribution in [0.5, 0.6) is 5.75 Å². The number of likely N-dealkylation sites (N-methyl/N-ethyl adjacent to an activating group) is 1. The molecule has 0 atom stereocenters. The van der Waals surface area contributed by atoms with Gasteiger partial charge in [-0.2, -0.15) is 0 Å². The van der Waals surface area contributed by atoms with Crippen LogP contribution in [0.25, 0.3) is 10.9 Å². The van der Waals surface area contributed by atoms with Crippen molar-refractivity contribution in [3.05, 3.63) is 64.3 Å². The minimum absolute atomic E-state index is 0.0466. The highest BCUT2D eigenvalue weighted by atomic mass is 35.5. The molecule has 2 aromatic carbocycles. The summed E-state index contributed by atoms with van der Waals surface area (Å²) in [6, 6.07) is 12.4. The predicted molar refractivity (Wildman–Crippen MR) is 144 cm³/mol. The maximum atomic E-state index is 13.4. The Bertz CT molecular complexity index is 1210. The number of methoxy groups -OCH3 is 1. The number of carbonyl (C=O) groups excluding carboxylic acids is 2. The average Bonchev–Trinajstić information content (AvgIpc) is 3.17. The van der Waals surface area contributed by atoms with E-state index >= 15 is 0 Å². The summed E-state index contributed by atoms with van der Waals surface area (Å²) in [4.78, 5) is 31.3. The third-order valence-corrected chi connectivity index (χ3v) is 7.31. The minimum Gasteiger partial charge on any atom is -0.497 e. The van der Waals surface area contributed by atoms with E-state index in [0.717, 1.165) is 67.8 Å². The van der Waals surface area contributed by atoms with Crippen LogP contribution in [0, 0.1) is 6.92 Å². The number of nitrogens with one attached hydrogen (secondary N) is 1. The van der Waals surface area contributed by atoms with Crippen LogP contribution in [-0.4, -0.2) is 79.1 Å². The lowest BCUT2D eigenvalue weighted by atomic mass is 10.1. The Morgan fingerprint density at radius 1 is 1.03 bits per heavy atom.